The molecule has 1 N–H and O–H groups in total. The highest BCUT2D eigenvalue weighted by molar-refractivity contribution is 9.10. The van der Waals surface area contributed by atoms with Gasteiger partial charge in [-0.2, -0.15) is 0 Å². The maximum absolute atomic E-state index is 12.8. The Labute approximate surface area is 221 Å². The first-order valence-corrected chi connectivity index (χ1v) is 13.2. The molecule has 0 atom stereocenters. The number of carbonyl (C=O) groups excluding carboxylic acids is 1. The van der Waals surface area contributed by atoms with Crippen LogP contribution in [0.5, 0.6) is 5.75 Å². The Morgan fingerprint density at radius 1 is 0.889 bits per heavy atom. The topological polar surface area (TPSA) is 69.0 Å². The lowest BCUT2D eigenvalue weighted by Crippen LogP contribution is -2.15. The molecule has 4 aromatic carbocycles. The number of amides is 1. The largest absolute Gasteiger partial charge is 0.486 e. The van der Waals surface area contributed by atoms with Crippen LogP contribution in [-0.4, -0.2) is 26.4 Å². The zero-order valence-electron chi connectivity index (χ0n) is 19.3. The van der Waals surface area contributed by atoms with Crippen molar-refractivity contribution in [1.82, 2.24) is 14.8 Å². The molecule has 180 valence electrons. The number of hydrogen-bond acceptors (Lipinski definition) is 5. The molecule has 0 radical (unpaired) electrons. The average Bonchev–Trinajstić information content (AvgIpc) is 3.29. The molecule has 0 bridgehead atoms. The van der Waals surface area contributed by atoms with Gasteiger partial charge in [0.1, 0.15) is 12.4 Å². The predicted molar refractivity (Wildman–Crippen MR) is 147 cm³/mol. The molecule has 1 aromatic heterocycles. The number of ether oxygens (including phenoxy) is 1. The van der Waals surface area contributed by atoms with Crippen LogP contribution in [0.15, 0.2) is 107 Å². The van der Waals surface area contributed by atoms with Crippen LogP contribution >= 0.6 is 27.7 Å². The lowest BCUT2D eigenvalue weighted by molar-refractivity contribution is -0.113. The summed E-state index contributed by atoms with van der Waals surface area (Å²) in [6.07, 6.45) is 0. The average molecular weight is 559 g/mol. The zero-order chi connectivity index (χ0) is 24.7. The molecule has 0 saturated carbocycles. The van der Waals surface area contributed by atoms with E-state index >= 15 is 0 Å². The molecule has 8 heteroatoms. The molecule has 0 fully saturated rings. The smallest absolute Gasteiger partial charge is 0.234 e. The highest BCUT2D eigenvalue weighted by Crippen LogP contribution is 2.25. The van der Waals surface area contributed by atoms with Crippen molar-refractivity contribution in [2.24, 2.45) is 0 Å². The third-order valence-electron chi connectivity index (χ3n) is 5.55. The maximum atomic E-state index is 12.8. The molecule has 1 amide bonds. The summed E-state index contributed by atoms with van der Waals surface area (Å²) in [5, 5.41) is 14.6. The summed E-state index contributed by atoms with van der Waals surface area (Å²) in [4.78, 5) is 12.8. The highest BCUT2D eigenvalue weighted by Gasteiger charge is 2.16. The van der Waals surface area contributed by atoms with E-state index in [1.165, 1.54) is 11.8 Å². The molecule has 1 heterocycles. The first kappa shape index (κ1) is 24.1. The number of fused-ring (bicyclic) bond motifs is 1. The highest BCUT2D eigenvalue weighted by atomic mass is 79.9. The van der Waals surface area contributed by atoms with Gasteiger partial charge in [0, 0.05) is 15.5 Å². The number of carbonyl (C=O) groups is 1. The Bertz CT molecular complexity index is 1470. The second-order valence-electron chi connectivity index (χ2n) is 8.08. The minimum absolute atomic E-state index is 0.0988. The number of hydrogen-bond donors (Lipinski definition) is 1. The molecule has 5 aromatic rings. The number of halogens is 1. The van der Waals surface area contributed by atoms with Crippen LogP contribution in [0.1, 0.15) is 11.4 Å². The van der Waals surface area contributed by atoms with Crippen LogP contribution in [-0.2, 0) is 17.9 Å². The molecule has 6 nitrogen and oxygen atoms in total. The van der Waals surface area contributed by atoms with Crippen LogP contribution in [0.2, 0.25) is 0 Å². The summed E-state index contributed by atoms with van der Waals surface area (Å²) in [6, 6.07) is 31.6. The van der Waals surface area contributed by atoms with Crippen LogP contribution < -0.4 is 10.1 Å². The number of anilines is 1. The molecule has 0 aliphatic heterocycles. The van der Waals surface area contributed by atoms with Gasteiger partial charge >= 0.3 is 0 Å². The number of nitrogens with one attached hydrogen (secondary N) is 1. The first-order valence-electron chi connectivity index (χ1n) is 11.4. The van der Waals surface area contributed by atoms with Gasteiger partial charge in [-0.1, -0.05) is 94.4 Å². The fourth-order valence-corrected chi connectivity index (χ4v) is 4.81. The van der Waals surface area contributed by atoms with E-state index in [0.29, 0.717) is 17.5 Å². The number of rotatable bonds is 9. The van der Waals surface area contributed by atoms with Gasteiger partial charge in [-0.05, 0) is 41.3 Å². The summed E-state index contributed by atoms with van der Waals surface area (Å²) in [5.41, 5.74) is 1.91. The van der Waals surface area contributed by atoms with Gasteiger partial charge in [0.25, 0.3) is 0 Å². The Kier molecular flexibility index (Phi) is 7.64. The van der Waals surface area contributed by atoms with Crippen LogP contribution in [0.25, 0.3) is 10.8 Å². The van der Waals surface area contributed by atoms with Gasteiger partial charge in [-0.25, -0.2) is 0 Å². The van der Waals surface area contributed by atoms with E-state index in [2.05, 4.69) is 43.6 Å². The van der Waals surface area contributed by atoms with E-state index in [0.717, 1.165) is 32.2 Å². The third-order valence-corrected chi connectivity index (χ3v) is 7.05. The minimum Gasteiger partial charge on any atom is -0.486 e. The van der Waals surface area contributed by atoms with E-state index in [1.807, 2.05) is 89.5 Å². The summed E-state index contributed by atoms with van der Waals surface area (Å²) in [7, 11) is 0. The van der Waals surface area contributed by atoms with Gasteiger partial charge in [-0.15, -0.1) is 10.2 Å². The quantitative estimate of drug-likeness (QED) is 0.208. The lowest BCUT2D eigenvalue weighted by Gasteiger charge is -2.12. The zero-order valence-corrected chi connectivity index (χ0v) is 21.7. The number of benzene rings is 4. The molecule has 5 rings (SSSR count). The van der Waals surface area contributed by atoms with Gasteiger partial charge < -0.3 is 10.1 Å². The van der Waals surface area contributed by atoms with Gasteiger partial charge in [0.15, 0.2) is 11.0 Å². The van der Waals surface area contributed by atoms with Crippen molar-refractivity contribution < 1.29 is 9.53 Å². The lowest BCUT2D eigenvalue weighted by atomic mass is 10.1. The maximum Gasteiger partial charge on any atom is 0.234 e. The molecule has 0 spiro atoms. The van der Waals surface area contributed by atoms with Crippen LogP contribution in [0.4, 0.5) is 5.69 Å². The normalized spacial score (nSPS) is 10.9. The molecule has 36 heavy (non-hydrogen) atoms. The Morgan fingerprint density at radius 3 is 2.47 bits per heavy atom. The van der Waals surface area contributed by atoms with Crippen molar-refractivity contribution >= 4 is 50.1 Å². The molecular formula is C28H23BrN4O2S. The van der Waals surface area contributed by atoms with Gasteiger partial charge in [0.05, 0.1) is 12.3 Å². The molecule has 0 aliphatic rings. The minimum atomic E-state index is -0.0988. The molecular weight excluding hydrogens is 536 g/mol. The predicted octanol–water partition coefficient (Wildman–Crippen LogP) is 6.55. The fourth-order valence-electron chi connectivity index (χ4n) is 3.79. The Morgan fingerprint density at radius 2 is 1.64 bits per heavy atom. The van der Waals surface area contributed by atoms with E-state index in [4.69, 9.17) is 4.74 Å². The van der Waals surface area contributed by atoms with E-state index in [-0.39, 0.29) is 18.3 Å². The molecule has 0 aliphatic carbocycles. The van der Waals surface area contributed by atoms with E-state index < -0.39 is 0 Å². The van der Waals surface area contributed by atoms with Crippen molar-refractivity contribution in [1.29, 1.82) is 0 Å². The van der Waals surface area contributed by atoms with E-state index in [9.17, 15) is 4.79 Å². The second kappa shape index (κ2) is 11.4. The second-order valence-corrected chi connectivity index (χ2v) is 9.93. The summed E-state index contributed by atoms with van der Waals surface area (Å²) < 4.78 is 8.94. The SMILES string of the molecule is O=C(CSc1nnc(COc2ccc(Br)cc2)n1Cc1ccccc1)Nc1cccc2ccccc12. The van der Waals surface area contributed by atoms with E-state index in [1.54, 1.807) is 0 Å². The monoisotopic (exact) mass is 558 g/mol. The summed E-state index contributed by atoms with van der Waals surface area (Å²) in [6.45, 7) is 0.852. The van der Waals surface area contributed by atoms with Gasteiger partial charge in [-0.3, -0.25) is 9.36 Å². The summed E-state index contributed by atoms with van der Waals surface area (Å²) in [5.74, 6) is 1.55. The van der Waals surface area contributed by atoms with Crippen LogP contribution in [0.3, 0.4) is 0 Å². The number of thioether (sulfide) groups is 1. The number of nitrogens with zero attached hydrogens (tertiary/aromatic N) is 3. The molecule has 0 saturated heterocycles. The number of aromatic nitrogens is 3. The first-order chi connectivity index (χ1) is 17.7. The van der Waals surface area contributed by atoms with Crippen molar-refractivity contribution in [2.45, 2.75) is 18.3 Å². The van der Waals surface area contributed by atoms with Crippen molar-refractivity contribution in [2.75, 3.05) is 11.1 Å². The third kappa shape index (κ3) is 5.95. The van der Waals surface area contributed by atoms with Crippen LogP contribution in [0, 0.1) is 0 Å². The Hall–Kier alpha value is -3.62. The van der Waals surface area contributed by atoms with Crippen molar-refractivity contribution in [3.05, 3.63) is 113 Å². The summed E-state index contributed by atoms with van der Waals surface area (Å²) >= 11 is 4.80. The fraction of sp³-hybridized carbons (Fsp3) is 0.107. The molecule has 0 unspecified atom stereocenters. The standard InChI is InChI=1S/C28H23BrN4O2S/c29-22-13-15-23(16-14-22)35-18-26-31-32-28(33(26)17-20-7-2-1-3-8-20)36-19-27(34)30-25-12-6-10-21-9-4-5-11-24(21)25/h1-16H,17-19H2,(H,30,34). The van der Waals surface area contributed by atoms with Crippen molar-refractivity contribution in [3.8, 4) is 5.75 Å². The Balaban J connectivity index is 1.30. The van der Waals surface area contributed by atoms with Crippen molar-refractivity contribution in [3.63, 3.8) is 0 Å². The van der Waals surface area contributed by atoms with Gasteiger partial charge in [0.2, 0.25) is 5.91 Å².